The van der Waals surface area contributed by atoms with Gasteiger partial charge in [-0.3, -0.25) is 4.79 Å². The van der Waals surface area contributed by atoms with Crippen LogP contribution in [0.4, 0.5) is 0 Å². The van der Waals surface area contributed by atoms with Gasteiger partial charge in [-0.05, 0) is 67.7 Å². The summed E-state index contributed by atoms with van der Waals surface area (Å²) in [6.45, 7) is 15.8. The van der Waals surface area contributed by atoms with Crippen molar-refractivity contribution in [3.8, 4) is 0 Å². The molecular weight excluding hydrogens is 460 g/mol. The van der Waals surface area contributed by atoms with E-state index in [0.717, 1.165) is 12.0 Å². The maximum absolute atomic E-state index is 14.3. The van der Waals surface area contributed by atoms with Crippen LogP contribution in [0.15, 0.2) is 29.8 Å². The molecule has 0 unspecified atom stereocenters. The van der Waals surface area contributed by atoms with Crippen molar-refractivity contribution in [2.45, 2.75) is 97.2 Å². The lowest BCUT2D eigenvalue weighted by Gasteiger charge is -2.39. The zero-order chi connectivity index (χ0) is 26.3. The molecule has 1 amide bonds. The Labute approximate surface area is 213 Å². The Kier molecular flexibility index (Phi) is 7.55. The van der Waals surface area contributed by atoms with Gasteiger partial charge in [0.1, 0.15) is 10.5 Å². The highest BCUT2D eigenvalue weighted by Gasteiger charge is 2.62. The first-order chi connectivity index (χ1) is 16.1. The average Bonchev–Trinajstić information content (AvgIpc) is 3.38. The van der Waals surface area contributed by atoms with E-state index in [9.17, 15) is 19.8 Å². The fraction of sp³-hybridized carbons (Fsp3) is 0.607. The number of thiazole rings is 1. The van der Waals surface area contributed by atoms with E-state index in [4.69, 9.17) is 0 Å². The van der Waals surface area contributed by atoms with Gasteiger partial charge in [-0.1, -0.05) is 47.6 Å². The molecule has 2 N–H and O–H groups in total. The molecular formula is C28H40N2O4S. The first-order valence-electron chi connectivity index (χ1n) is 12.5. The Hall–Kier alpha value is -2.25. The fourth-order valence-corrected chi connectivity index (χ4v) is 6.46. The van der Waals surface area contributed by atoms with Gasteiger partial charge in [0, 0.05) is 23.1 Å². The maximum Gasteiger partial charge on any atom is 0.329 e. The second kappa shape index (κ2) is 9.66. The first kappa shape index (κ1) is 27.3. The van der Waals surface area contributed by atoms with Crippen molar-refractivity contribution in [2.75, 3.05) is 0 Å². The number of carboxylic acid groups (broad SMARTS) is 1. The first-order valence-corrected chi connectivity index (χ1v) is 13.3. The number of benzene rings is 1. The van der Waals surface area contributed by atoms with Crippen molar-refractivity contribution in [1.29, 1.82) is 0 Å². The van der Waals surface area contributed by atoms with E-state index in [1.165, 1.54) is 16.9 Å². The van der Waals surface area contributed by atoms with E-state index in [1.807, 2.05) is 37.4 Å². The number of carbonyl (C=O) groups excluding carboxylic acids is 1. The zero-order valence-electron chi connectivity index (χ0n) is 22.3. The topological polar surface area (TPSA) is 90.7 Å². The largest absolute Gasteiger partial charge is 0.479 e. The molecule has 1 aromatic heterocycles. The summed E-state index contributed by atoms with van der Waals surface area (Å²) in [5, 5.41) is 24.3. The van der Waals surface area contributed by atoms with Crippen LogP contribution in [0.2, 0.25) is 0 Å². The second-order valence-electron chi connectivity index (χ2n) is 11.9. The fourth-order valence-electron chi connectivity index (χ4n) is 5.66. The summed E-state index contributed by atoms with van der Waals surface area (Å²) < 4.78 is 0. The number of carboxylic acids is 1. The summed E-state index contributed by atoms with van der Waals surface area (Å²) in [6, 6.07) is 5.10. The number of nitrogens with zero attached hydrogens (tertiary/aromatic N) is 2. The molecule has 0 saturated carbocycles. The lowest BCUT2D eigenvalue weighted by Crippen LogP contribution is -2.54. The van der Waals surface area contributed by atoms with Gasteiger partial charge in [0.25, 0.3) is 5.91 Å². The molecule has 2 aromatic rings. The second-order valence-corrected chi connectivity index (χ2v) is 12.8. The summed E-state index contributed by atoms with van der Waals surface area (Å²) in [5.74, 6) is -1.80. The predicted molar refractivity (Wildman–Crippen MR) is 140 cm³/mol. The van der Waals surface area contributed by atoms with Gasteiger partial charge in [-0.15, -0.1) is 11.3 Å². The van der Waals surface area contributed by atoms with E-state index in [1.54, 1.807) is 24.9 Å². The number of carbonyl (C=O) groups is 2. The van der Waals surface area contributed by atoms with Crippen LogP contribution in [-0.4, -0.2) is 43.1 Å². The van der Waals surface area contributed by atoms with Crippen LogP contribution in [0, 0.1) is 11.8 Å². The van der Waals surface area contributed by atoms with Crippen molar-refractivity contribution < 1.29 is 19.8 Å². The smallest absolute Gasteiger partial charge is 0.329 e. The third-order valence-electron chi connectivity index (χ3n) is 7.19. The number of likely N-dealkylation sites (tertiary alicyclic amines) is 1. The molecule has 1 aromatic carbocycles. The van der Waals surface area contributed by atoms with Gasteiger partial charge in [-0.25, -0.2) is 9.78 Å². The van der Waals surface area contributed by atoms with E-state index >= 15 is 0 Å². The minimum atomic E-state index is -1.44. The molecule has 0 bridgehead atoms. The number of aliphatic carboxylic acids is 1. The third-order valence-corrected chi connectivity index (χ3v) is 8.04. The summed E-state index contributed by atoms with van der Waals surface area (Å²) in [5.41, 5.74) is 0.0166. The molecule has 1 aliphatic heterocycles. The minimum absolute atomic E-state index is 0.0355. The van der Waals surface area contributed by atoms with Crippen molar-refractivity contribution in [3.63, 3.8) is 0 Å². The summed E-state index contributed by atoms with van der Waals surface area (Å²) >= 11 is 1.39. The number of rotatable bonds is 7. The molecule has 1 saturated heterocycles. The number of aryl methyl sites for hydroxylation is 1. The molecule has 0 radical (unpaired) electrons. The van der Waals surface area contributed by atoms with Gasteiger partial charge >= 0.3 is 5.97 Å². The Morgan fingerprint density at radius 3 is 2.34 bits per heavy atom. The van der Waals surface area contributed by atoms with E-state index in [2.05, 4.69) is 32.7 Å². The van der Waals surface area contributed by atoms with Gasteiger partial charge in [-0.2, -0.15) is 0 Å². The molecule has 0 spiro atoms. The molecule has 6 nitrogen and oxygen atoms in total. The molecule has 0 aliphatic carbocycles. The molecule has 1 aliphatic rings. The quantitative estimate of drug-likeness (QED) is 0.498. The van der Waals surface area contributed by atoms with Crippen LogP contribution in [0.3, 0.4) is 0 Å². The lowest BCUT2D eigenvalue weighted by molar-refractivity contribution is -0.150. The molecule has 35 heavy (non-hydrogen) atoms. The normalized spacial score (nSPS) is 23.2. The van der Waals surface area contributed by atoms with Crippen LogP contribution >= 0.6 is 11.3 Å². The number of hydrogen-bond donors (Lipinski definition) is 2. The molecule has 192 valence electrons. The minimum Gasteiger partial charge on any atom is -0.479 e. The number of aliphatic hydroxyl groups is 1. The molecule has 2 heterocycles. The van der Waals surface area contributed by atoms with Gasteiger partial charge < -0.3 is 15.1 Å². The third kappa shape index (κ3) is 5.17. The SMILES string of the molecule is CCc1cc(C(=O)N2[C@@H](c3nccs3)[C@H](C(C)(C)O)C[C@@]2(CC(C)C)C(=O)O)ccc1C(C)(C)C. The van der Waals surface area contributed by atoms with Crippen LogP contribution in [0.25, 0.3) is 0 Å². The Morgan fingerprint density at radius 1 is 1.23 bits per heavy atom. The van der Waals surface area contributed by atoms with Crippen LogP contribution in [0.1, 0.15) is 101 Å². The Balaban J connectivity index is 2.25. The molecule has 3 rings (SSSR count). The van der Waals surface area contributed by atoms with Crippen molar-refractivity contribution in [2.24, 2.45) is 11.8 Å². The van der Waals surface area contributed by atoms with E-state index in [-0.39, 0.29) is 23.7 Å². The predicted octanol–water partition coefficient (Wildman–Crippen LogP) is 5.85. The maximum atomic E-state index is 14.3. The molecule has 3 atom stereocenters. The number of amides is 1. The van der Waals surface area contributed by atoms with Crippen molar-refractivity contribution in [1.82, 2.24) is 9.88 Å². The lowest BCUT2D eigenvalue weighted by atomic mass is 9.78. The monoisotopic (exact) mass is 500 g/mol. The van der Waals surface area contributed by atoms with E-state index < -0.39 is 29.1 Å². The van der Waals surface area contributed by atoms with E-state index in [0.29, 0.717) is 17.0 Å². The molecule has 1 fully saturated rings. The van der Waals surface area contributed by atoms with Gasteiger partial charge in [0.2, 0.25) is 0 Å². The number of aromatic nitrogens is 1. The summed E-state index contributed by atoms with van der Waals surface area (Å²) in [7, 11) is 0. The zero-order valence-corrected chi connectivity index (χ0v) is 23.1. The van der Waals surface area contributed by atoms with Gasteiger partial charge in [0.15, 0.2) is 0 Å². The summed E-state index contributed by atoms with van der Waals surface area (Å²) in [6.07, 6.45) is 2.90. The highest BCUT2D eigenvalue weighted by atomic mass is 32.1. The van der Waals surface area contributed by atoms with Crippen LogP contribution in [-0.2, 0) is 16.6 Å². The van der Waals surface area contributed by atoms with Crippen LogP contribution < -0.4 is 0 Å². The van der Waals surface area contributed by atoms with Gasteiger partial charge in [0.05, 0.1) is 11.6 Å². The average molecular weight is 501 g/mol. The summed E-state index contributed by atoms with van der Waals surface area (Å²) in [4.78, 5) is 33.4. The standard InChI is InChI=1S/C28H40N2O4S/c1-9-18-14-19(10-11-20(18)26(4,5)6)24(31)30-22(23-29-12-13-35-23)21(27(7,8)34)16-28(30,25(32)33)15-17(2)3/h10-14,17,21-22,34H,9,15-16H2,1-8H3,(H,32,33)/t21-,22-,28+/m1/s1. The van der Waals surface area contributed by atoms with Crippen LogP contribution in [0.5, 0.6) is 0 Å². The highest BCUT2D eigenvalue weighted by Crippen LogP contribution is 2.54. The Morgan fingerprint density at radius 2 is 1.89 bits per heavy atom. The van der Waals surface area contributed by atoms with Crippen molar-refractivity contribution >= 4 is 23.2 Å². The molecule has 7 heteroatoms. The Bertz CT molecular complexity index is 1070. The number of hydrogen-bond acceptors (Lipinski definition) is 5. The highest BCUT2D eigenvalue weighted by molar-refractivity contribution is 7.09. The van der Waals surface area contributed by atoms with Crippen molar-refractivity contribution in [3.05, 3.63) is 51.5 Å².